The van der Waals surface area contributed by atoms with Gasteiger partial charge in [0.1, 0.15) is 18.0 Å². The highest BCUT2D eigenvalue weighted by Crippen LogP contribution is 2.20. The SMILES string of the molecule is OC1CN(Cc2ccccc2)CC1Oc1ccccc1. The van der Waals surface area contributed by atoms with E-state index >= 15 is 0 Å². The molecule has 0 spiro atoms. The van der Waals surface area contributed by atoms with Gasteiger partial charge < -0.3 is 9.84 Å². The molecule has 2 aromatic rings. The van der Waals surface area contributed by atoms with Crippen LogP contribution >= 0.6 is 0 Å². The molecule has 0 aliphatic carbocycles. The maximum atomic E-state index is 10.1. The Morgan fingerprint density at radius 3 is 2.30 bits per heavy atom. The molecule has 3 nitrogen and oxygen atoms in total. The summed E-state index contributed by atoms with van der Waals surface area (Å²) in [5, 5.41) is 10.1. The zero-order chi connectivity index (χ0) is 13.8. The number of aliphatic hydroxyl groups excluding tert-OH is 1. The van der Waals surface area contributed by atoms with Gasteiger partial charge in [0.25, 0.3) is 0 Å². The summed E-state index contributed by atoms with van der Waals surface area (Å²) >= 11 is 0. The molecule has 1 N–H and O–H groups in total. The Bertz CT molecular complexity index is 529. The highest BCUT2D eigenvalue weighted by molar-refractivity contribution is 5.22. The first-order valence-corrected chi connectivity index (χ1v) is 6.97. The number of β-amino-alcohol motifs (C(OH)–C–C–N with tert-alkyl or cyclic N) is 1. The van der Waals surface area contributed by atoms with E-state index in [-0.39, 0.29) is 6.10 Å². The van der Waals surface area contributed by atoms with Gasteiger partial charge >= 0.3 is 0 Å². The highest BCUT2D eigenvalue weighted by Gasteiger charge is 2.32. The molecule has 0 amide bonds. The van der Waals surface area contributed by atoms with Crippen LogP contribution in [0, 0.1) is 0 Å². The molecule has 20 heavy (non-hydrogen) atoms. The van der Waals surface area contributed by atoms with Gasteiger partial charge in [0.15, 0.2) is 0 Å². The number of likely N-dealkylation sites (tertiary alicyclic amines) is 1. The van der Waals surface area contributed by atoms with Crippen LogP contribution in [0.4, 0.5) is 0 Å². The van der Waals surface area contributed by atoms with Crippen molar-refractivity contribution in [1.82, 2.24) is 4.90 Å². The molecule has 1 heterocycles. The van der Waals surface area contributed by atoms with Gasteiger partial charge in [0, 0.05) is 19.6 Å². The smallest absolute Gasteiger partial charge is 0.138 e. The Morgan fingerprint density at radius 2 is 1.60 bits per heavy atom. The van der Waals surface area contributed by atoms with Crippen molar-refractivity contribution in [3.8, 4) is 5.75 Å². The van der Waals surface area contributed by atoms with E-state index in [4.69, 9.17) is 4.74 Å². The van der Waals surface area contributed by atoms with Crippen LogP contribution in [0.15, 0.2) is 60.7 Å². The van der Waals surface area contributed by atoms with E-state index in [1.807, 2.05) is 48.5 Å². The second kappa shape index (κ2) is 6.07. The summed E-state index contributed by atoms with van der Waals surface area (Å²) in [5.74, 6) is 0.818. The van der Waals surface area contributed by atoms with E-state index in [0.29, 0.717) is 6.54 Å². The fraction of sp³-hybridized carbons (Fsp3) is 0.294. The molecule has 1 saturated heterocycles. The maximum absolute atomic E-state index is 10.1. The first-order chi connectivity index (χ1) is 9.81. The average molecular weight is 269 g/mol. The largest absolute Gasteiger partial charge is 0.486 e. The zero-order valence-electron chi connectivity index (χ0n) is 11.4. The first kappa shape index (κ1) is 13.2. The lowest BCUT2D eigenvalue weighted by molar-refractivity contribution is 0.0737. The normalized spacial score (nSPS) is 22.9. The summed E-state index contributed by atoms with van der Waals surface area (Å²) in [6.45, 7) is 2.27. The van der Waals surface area contributed by atoms with Crippen molar-refractivity contribution in [1.29, 1.82) is 0 Å². The van der Waals surface area contributed by atoms with Gasteiger partial charge in [-0.2, -0.15) is 0 Å². The van der Waals surface area contributed by atoms with E-state index < -0.39 is 6.10 Å². The fourth-order valence-corrected chi connectivity index (χ4v) is 2.59. The molecule has 2 aromatic carbocycles. The number of benzene rings is 2. The molecule has 2 unspecified atom stereocenters. The second-order valence-electron chi connectivity index (χ2n) is 5.22. The monoisotopic (exact) mass is 269 g/mol. The van der Waals surface area contributed by atoms with Crippen LogP contribution in [-0.4, -0.2) is 35.3 Å². The number of aliphatic hydroxyl groups is 1. The van der Waals surface area contributed by atoms with Gasteiger partial charge in [-0.15, -0.1) is 0 Å². The second-order valence-corrected chi connectivity index (χ2v) is 5.22. The van der Waals surface area contributed by atoms with Crippen molar-refractivity contribution in [3.05, 3.63) is 66.2 Å². The number of nitrogens with zero attached hydrogens (tertiary/aromatic N) is 1. The lowest BCUT2D eigenvalue weighted by Crippen LogP contribution is -2.29. The van der Waals surface area contributed by atoms with Crippen LogP contribution in [0.5, 0.6) is 5.75 Å². The van der Waals surface area contributed by atoms with Crippen LogP contribution < -0.4 is 4.74 Å². The lowest BCUT2D eigenvalue weighted by Gasteiger charge is -2.17. The summed E-state index contributed by atoms with van der Waals surface area (Å²) in [4.78, 5) is 2.23. The number of ether oxygens (including phenoxy) is 1. The Hall–Kier alpha value is -1.84. The molecular formula is C17H19NO2. The Labute approximate surface area is 119 Å². The third-order valence-electron chi connectivity index (χ3n) is 3.59. The summed E-state index contributed by atoms with van der Waals surface area (Å²) in [6.07, 6.45) is -0.583. The fourth-order valence-electron chi connectivity index (χ4n) is 2.59. The average Bonchev–Trinajstić information content (AvgIpc) is 2.81. The molecule has 0 aromatic heterocycles. The van der Waals surface area contributed by atoms with Crippen molar-refractivity contribution in [2.45, 2.75) is 18.8 Å². The molecule has 1 aliphatic rings. The molecule has 3 heteroatoms. The number of rotatable bonds is 4. The van der Waals surface area contributed by atoms with Gasteiger partial charge in [0.2, 0.25) is 0 Å². The maximum Gasteiger partial charge on any atom is 0.138 e. The van der Waals surface area contributed by atoms with Gasteiger partial charge in [-0.1, -0.05) is 48.5 Å². The van der Waals surface area contributed by atoms with Gasteiger partial charge in [-0.3, -0.25) is 4.90 Å². The Kier molecular flexibility index (Phi) is 4.00. The predicted molar refractivity (Wildman–Crippen MR) is 78.6 cm³/mol. The highest BCUT2D eigenvalue weighted by atomic mass is 16.5. The number of hydrogen-bond donors (Lipinski definition) is 1. The van der Waals surface area contributed by atoms with Crippen LogP contribution in [0.3, 0.4) is 0 Å². The minimum absolute atomic E-state index is 0.152. The summed E-state index contributed by atoms with van der Waals surface area (Å²) in [7, 11) is 0. The summed E-state index contributed by atoms with van der Waals surface area (Å²) in [6, 6.07) is 20.0. The summed E-state index contributed by atoms with van der Waals surface area (Å²) < 4.78 is 5.86. The molecular weight excluding hydrogens is 250 g/mol. The summed E-state index contributed by atoms with van der Waals surface area (Å²) in [5.41, 5.74) is 1.26. The van der Waals surface area contributed by atoms with Crippen molar-refractivity contribution in [3.63, 3.8) is 0 Å². The molecule has 0 radical (unpaired) electrons. The first-order valence-electron chi connectivity index (χ1n) is 6.97. The predicted octanol–water partition coefficient (Wildman–Crippen LogP) is 2.31. The van der Waals surface area contributed by atoms with Crippen LogP contribution in [0.25, 0.3) is 0 Å². The van der Waals surface area contributed by atoms with E-state index in [2.05, 4.69) is 17.0 Å². The quantitative estimate of drug-likeness (QED) is 0.924. The van der Waals surface area contributed by atoms with E-state index in [0.717, 1.165) is 18.8 Å². The molecule has 0 bridgehead atoms. The Morgan fingerprint density at radius 1 is 0.950 bits per heavy atom. The van der Waals surface area contributed by atoms with E-state index in [9.17, 15) is 5.11 Å². The Balaban J connectivity index is 1.59. The van der Waals surface area contributed by atoms with Crippen LogP contribution in [-0.2, 0) is 6.54 Å². The van der Waals surface area contributed by atoms with Gasteiger partial charge in [-0.25, -0.2) is 0 Å². The topological polar surface area (TPSA) is 32.7 Å². The molecule has 104 valence electrons. The minimum Gasteiger partial charge on any atom is -0.486 e. The minimum atomic E-state index is -0.432. The number of para-hydroxylation sites is 1. The van der Waals surface area contributed by atoms with E-state index in [1.165, 1.54) is 5.56 Å². The van der Waals surface area contributed by atoms with E-state index in [1.54, 1.807) is 0 Å². The standard InChI is InChI=1S/C17H19NO2/c19-16-12-18(11-14-7-3-1-4-8-14)13-17(16)20-15-9-5-2-6-10-15/h1-10,16-17,19H,11-13H2. The van der Waals surface area contributed by atoms with Gasteiger partial charge in [-0.05, 0) is 17.7 Å². The van der Waals surface area contributed by atoms with Crippen molar-refractivity contribution >= 4 is 0 Å². The third kappa shape index (κ3) is 3.18. The molecule has 1 fully saturated rings. The van der Waals surface area contributed by atoms with Crippen molar-refractivity contribution in [2.75, 3.05) is 13.1 Å². The molecule has 3 rings (SSSR count). The molecule has 1 aliphatic heterocycles. The van der Waals surface area contributed by atoms with Crippen molar-refractivity contribution in [2.24, 2.45) is 0 Å². The van der Waals surface area contributed by atoms with Crippen LogP contribution in [0.1, 0.15) is 5.56 Å². The van der Waals surface area contributed by atoms with Crippen LogP contribution in [0.2, 0.25) is 0 Å². The van der Waals surface area contributed by atoms with Gasteiger partial charge in [0.05, 0.1) is 0 Å². The molecule has 0 saturated carbocycles. The van der Waals surface area contributed by atoms with Crippen molar-refractivity contribution < 1.29 is 9.84 Å². The zero-order valence-corrected chi connectivity index (χ0v) is 11.4. The lowest BCUT2D eigenvalue weighted by atomic mass is 10.2. The number of hydrogen-bond acceptors (Lipinski definition) is 3. The third-order valence-corrected chi connectivity index (χ3v) is 3.59. The molecule has 2 atom stereocenters.